The predicted octanol–water partition coefficient (Wildman–Crippen LogP) is 6.55. The molecule has 0 spiro atoms. The second-order valence-electron chi connectivity index (χ2n) is 6.11. The number of ether oxygens (including phenoxy) is 1. The molecule has 0 N–H and O–H groups in total. The van der Waals surface area contributed by atoms with Crippen molar-refractivity contribution in [2.45, 2.75) is 12.5 Å². The summed E-state index contributed by atoms with van der Waals surface area (Å²) >= 11 is 6.00. The number of methoxy groups -OCH3 is 1. The Labute approximate surface area is 166 Å². The number of benzene rings is 3. The largest absolute Gasteiger partial charge is 0.376 e. The first-order chi connectivity index (χ1) is 13.3. The van der Waals surface area contributed by atoms with E-state index in [1.54, 1.807) is 7.11 Å². The van der Waals surface area contributed by atoms with Crippen molar-refractivity contribution in [2.24, 2.45) is 0 Å². The first-order valence-electron chi connectivity index (χ1n) is 8.87. The van der Waals surface area contributed by atoms with E-state index in [0.29, 0.717) is 0 Å². The molecule has 0 saturated carbocycles. The maximum Gasteiger partial charge on any atom is 0.0856 e. The summed E-state index contributed by atoms with van der Waals surface area (Å²) in [7, 11) is 1.73. The highest BCUT2D eigenvalue weighted by atomic mass is 35.5. The van der Waals surface area contributed by atoms with Crippen molar-refractivity contribution >= 4 is 17.2 Å². The number of halogens is 1. The molecule has 0 aliphatic heterocycles. The van der Waals surface area contributed by atoms with E-state index in [2.05, 4.69) is 30.0 Å². The van der Waals surface area contributed by atoms with Crippen molar-refractivity contribution in [1.82, 2.24) is 0 Å². The molecular weight excluding hydrogens is 352 g/mol. The topological polar surface area (TPSA) is 9.23 Å². The Balaban J connectivity index is 1.88. The van der Waals surface area contributed by atoms with Crippen LogP contribution in [0.1, 0.15) is 29.2 Å². The lowest BCUT2D eigenvalue weighted by molar-refractivity contribution is 0.106. The zero-order chi connectivity index (χ0) is 18.9. The molecule has 0 saturated heterocycles. The second-order valence-corrected chi connectivity index (χ2v) is 6.55. The molecule has 0 aliphatic rings. The van der Waals surface area contributed by atoms with Crippen LogP contribution in [-0.2, 0) is 4.74 Å². The van der Waals surface area contributed by atoms with Crippen molar-refractivity contribution in [3.8, 4) is 11.8 Å². The second kappa shape index (κ2) is 9.78. The van der Waals surface area contributed by atoms with Gasteiger partial charge in [-0.15, -0.1) is 0 Å². The standard InChI is InChI=1S/C25H21ClO/c1-27-25(23-14-17-24(26)18-15-23)19-16-22(21-10-6-3-7-11-21)13-12-20-8-4-2-5-9-20/h2-11,14-18,25H,19H2,1H3/b22-16+. The van der Waals surface area contributed by atoms with Crippen LogP contribution in [0.25, 0.3) is 5.57 Å². The van der Waals surface area contributed by atoms with Gasteiger partial charge in [0.05, 0.1) is 6.10 Å². The van der Waals surface area contributed by atoms with Crippen LogP contribution in [0.3, 0.4) is 0 Å². The van der Waals surface area contributed by atoms with Crippen LogP contribution >= 0.6 is 11.6 Å². The molecule has 3 rings (SSSR count). The van der Waals surface area contributed by atoms with E-state index < -0.39 is 0 Å². The fourth-order valence-corrected chi connectivity index (χ4v) is 2.92. The van der Waals surface area contributed by atoms with Crippen LogP contribution in [0.4, 0.5) is 0 Å². The summed E-state index contributed by atoms with van der Waals surface area (Å²) in [5, 5.41) is 0.725. The SMILES string of the molecule is COC(C/C=C(\C#Cc1ccccc1)c1ccccc1)c1ccc(Cl)cc1. The Kier molecular flexibility index (Phi) is 6.88. The number of hydrogen-bond donors (Lipinski definition) is 0. The molecule has 0 aliphatic carbocycles. The first kappa shape index (κ1) is 19.0. The molecular formula is C25H21ClO. The molecule has 1 nitrogen and oxygen atoms in total. The number of rotatable bonds is 5. The third kappa shape index (κ3) is 5.59. The van der Waals surface area contributed by atoms with Gasteiger partial charge in [-0.25, -0.2) is 0 Å². The van der Waals surface area contributed by atoms with E-state index in [9.17, 15) is 0 Å². The Morgan fingerprint density at radius 2 is 1.56 bits per heavy atom. The zero-order valence-corrected chi connectivity index (χ0v) is 16.0. The van der Waals surface area contributed by atoms with Crippen molar-refractivity contribution in [1.29, 1.82) is 0 Å². The maximum atomic E-state index is 6.00. The predicted molar refractivity (Wildman–Crippen MR) is 114 cm³/mol. The van der Waals surface area contributed by atoms with Gasteiger partial charge in [-0.2, -0.15) is 0 Å². The van der Waals surface area contributed by atoms with Gasteiger partial charge in [0.25, 0.3) is 0 Å². The maximum absolute atomic E-state index is 6.00. The van der Waals surface area contributed by atoms with Crippen molar-refractivity contribution < 1.29 is 4.74 Å². The summed E-state index contributed by atoms with van der Waals surface area (Å²) in [4.78, 5) is 0. The van der Waals surface area contributed by atoms with Gasteiger partial charge in [-0.3, -0.25) is 0 Å². The van der Waals surface area contributed by atoms with E-state index >= 15 is 0 Å². The van der Waals surface area contributed by atoms with Crippen LogP contribution in [0, 0.1) is 11.8 Å². The third-order valence-electron chi connectivity index (χ3n) is 4.26. The van der Waals surface area contributed by atoms with Crippen LogP contribution in [0.5, 0.6) is 0 Å². The highest BCUT2D eigenvalue weighted by Crippen LogP contribution is 2.25. The molecule has 134 valence electrons. The Bertz CT molecular complexity index is 932. The first-order valence-corrected chi connectivity index (χ1v) is 9.25. The Morgan fingerprint density at radius 3 is 2.19 bits per heavy atom. The minimum absolute atomic E-state index is 0.0421. The fourth-order valence-electron chi connectivity index (χ4n) is 2.79. The van der Waals surface area contributed by atoms with Crippen LogP contribution < -0.4 is 0 Å². The molecule has 0 radical (unpaired) electrons. The molecule has 0 heterocycles. The van der Waals surface area contributed by atoms with Crippen LogP contribution in [-0.4, -0.2) is 7.11 Å². The average Bonchev–Trinajstić information content (AvgIpc) is 2.73. The molecule has 0 amide bonds. The van der Waals surface area contributed by atoms with Gasteiger partial charge < -0.3 is 4.74 Å². The van der Waals surface area contributed by atoms with E-state index in [1.807, 2.05) is 72.8 Å². The van der Waals surface area contributed by atoms with E-state index in [1.165, 1.54) is 0 Å². The smallest absolute Gasteiger partial charge is 0.0856 e. The van der Waals surface area contributed by atoms with Gasteiger partial charge in [0.15, 0.2) is 0 Å². The summed E-state index contributed by atoms with van der Waals surface area (Å²) in [5.74, 6) is 6.58. The highest BCUT2D eigenvalue weighted by molar-refractivity contribution is 6.30. The van der Waals surface area contributed by atoms with Gasteiger partial charge in [0.1, 0.15) is 0 Å². The lowest BCUT2D eigenvalue weighted by atomic mass is 10.0. The van der Waals surface area contributed by atoms with Gasteiger partial charge in [-0.05, 0) is 41.8 Å². The van der Waals surface area contributed by atoms with E-state index in [-0.39, 0.29) is 6.10 Å². The molecule has 0 aromatic heterocycles. The van der Waals surface area contributed by atoms with Crippen LogP contribution in [0.15, 0.2) is 91.0 Å². The van der Waals surface area contributed by atoms with E-state index in [4.69, 9.17) is 16.3 Å². The fraction of sp³-hybridized carbons (Fsp3) is 0.120. The monoisotopic (exact) mass is 372 g/mol. The zero-order valence-electron chi connectivity index (χ0n) is 15.2. The summed E-state index contributed by atoms with van der Waals surface area (Å²) in [6.07, 6.45) is 2.83. The molecule has 1 unspecified atom stereocenters. The van der Waals surface area contributed by atoms with Crippen LogP contribution in [0.2, 0.25) is 5.02 Å². The molecule has 27 heavy (non-hydrogen) atoms. The third-order valence-corrected chi connectivity index (χ3v) is 4.51. The highest BCUT2D eigenvalue weighted by Gasteiger charge is 2.09. The summed E-state index contributed by atoms with van der Waals surface area (Å²) < 4.78 is 5.69. The van der Waals surface area contributed by atoms with Gasteiger partial charge >= 0.3 is 0 Å². The average molecular weight is 373 g/mol. The lowest BCUT2D eigenvalue weighted by Crippen LogP contribution is -2.00. The molecule has 3 aromatic carbocycles. The summed E-state index contributed by atoms with van der Waals surface area (Å²) in [6.45, 7) is 0. The van der Waals surface area contributed by atoms with Crippen molar-refractivity contribution in [3.05, 3.63) is 113 Å². The molecule has 0 bridgehead atoms. The number of hydrogen-bond acceptors (Lipinski definition) is 1. The van der Waals surface area contributed by atoms with E-state index in [0.717, 1.165) is 33.7 Å². The lowest BCUT2D eigenvalue weighted by Gasteiger charge is -2.14. The summed E-state index contributed by atoms with van der Waals surface area (Å²) in [6, 6.07) is 28.0. The Morgan fingerprint density at radius 1 is 0.926 bits per heavy atom. The number of allylic oxidation sites excluding steroid dienone is 1. The minimum Gasteiger partial charge on any atom is -0.376 e. The van der Waals surface area contributed by atoms with Crippen molar-refractivity contribution in [3.63, 3.8) is 0 Å². The molecule has 0 fully saturated rings. The quantitative estimate of drug-likeness (QED) is 0.461. The summed E-state index contributed by atoms with van der Waals surface area (Å²) in [5.41, 5.74) is 4.20. The molecule has 3 aromatic rings. The van der Waals surface area contributed by atoms with Gasteiger partial charge in [0.2, 0.25) is 0 Å². The molecule has 2 heteroatoms. The minimum atomic E-state index is -0.0421. The van der Waals surface area contributed by atoms with Gasteiger partial charge in [0, 0.05) is 23.3 Å². The Hall–Kier alpha value is -2.79. The van der Waals surface area contributed by atoms with Gasteiger partial charge in [-0.1, -0.05) is 90.2 Å². The normalized spacial score (nSPS) is 12.1. The van der Waals surface area contributed by atoms with Crippen molar-refractivity contribution in [2.75, 3.05) is 7.11 Å². The molecule has 1 atom stereocenters.